The van der Waals surface area contributed by atoms with Crippen molar-refractivity contribution in [1.82, 2.24) is 10.2 Å². The highest BCUT2D eigenvalue weighted by Crippen LogP contribution is 2.30. The van der Waals surface area contributed by atoms with E-state index in [1.165, 1.54) is 23.1 Å². The minimum atomic E-state index is -1.02. The molecule has 1 aromatic rings. The lowest BCUT2D eigenvalue weighted by molar-refractivity contribution is -0.130. The standard InChI is InChI=1S/C26H41ClFN5O4/c1-15(2)17(23(36)31-13-25(3,4)24(30)37)10-21(34)19(29)11-32-12-22(35)33(14-26(32,5)6)20-9-16(27)7-8-18(20)28/h7-9,15,17,19,21,34H,10-14,29H2,1-6H3,(H2,30,37)(H,31,36)/t17-,19-,21-/m0/s1. The lowest BCUT2D eigenvalue weighted by Gasteiger charge is -2.47. The first-order valence-corrected chi connectivity index (χ1v) is 12.9. The van der Waals surface area contributed by atoms with E-state index in [4.69, 9.17) is 23.1 Å². The second kappa shape index (κ2) is 12.1. The van der Waals surface area contributed by atoms with Crippen molar-refractivity contribution in [2.75, 3.05) is 31.1 Å². The molecular formula is C26H41ClFN5O4. The SMILES string of the molecule is CC(C)[C@H](C[C@H](O)[C@@H](N)CN1CC(=O)N(c2cc(Cl)ccc2F)CC1(C)C)C(=O)NCC(C)(C)C(N)=O. The number of amides is 3. The highest BCUT2D eigenvalue weighted by molar-refractivity contribution is 6.31. The number of aliphatic hydroxyl groups is 1. The zero-order valence-corrected chi connectivity index (χ0v) is 23.3. The number of carbonyl (C=O) groups excluding carboxylic acids is 3. The first-order valence-electron chi connectivity index (χ1n) is 12.5. The average molecular weight is 542 g/mol. The van der Waals surface area contributed by atoms with Crippen LogP contribution in [0.5, 0.6) is 0 Å². The number of anilines is 1. The molecule has 1 aliphatic rings. The van der Waals surface area contributed by atoms with E-state index < -0.39 is 40.7 Å². The van der Waals surface area contributed by atoms with Crippen molar-refractivity contribution in [1.29, 1.82) is 0 Å². The summed E-state index contributed by atoms with van der Waals surface area (Å²) in [6.45, 7) is 11.3. The van der Waals surface area contributed by atoms with Crippen molar-refractivity contribution < 1.29 is 23.9 Å². The topological polar surface area (TPSA) is 142 Å². The third kappa shape index (κ3) is 7.86. The number of benzene rings is 1. The molecule has 1 aliphatic heterocycles. The van der Waals surface area contributed by atoms with Crippen LogP contribution in [0, 0.1) is 23.1 Å². The van der Waals surface area contributed by atoms with Crippen molar-refractivity contribution in [2.24, 2.45) is 28.7 Å². The number of nitrogens with one attached hydrogen (secondary N) is 1. The summed E-state index contributed by atoms with van der Waals surface area (Å²) in [5.74, 6) is -2.28. The van der Waals surface area contributed by atoms with Crippen LogP contribution in [0.3, 0.4) is 0 Å². The molecule has 9 nitrogen and oxygen atoms in total. The molecule has 0 radical (unpaired) electrons. The van der Waals surface area contributed by atoms with Crippen molar-refractivity contribution in [3.8, 4) is 0 Å². The maximum absolute atomic E-state index is 14.4. The second-order valence-electron chi connectivity index (χ2n) is 11.6. The molecule has 6 N–H and O–H groups in total. The van der Waals surface area contributed by atoms with Crippen LogP contribution >= 0.6 is 11.6 Å². The van der Waals surface area contributed by atoms with Crippen molar-refractivity contribution >= 4 is 35.0 Å². The summed E-state index contributed by atoms with van der Waals surface area (Å²) in [6.07, 6.45) is -0.902. The maximum atomic E-state index is 14.4. The van der Waals surface area contributed by atoms with Crippen molar-refractivity contribution in [2.45, 2.75) is 65.6 Å². The molecule has 0 bridgehead atoms. The number of aliphatic hydroxyl groups excluding tert-OH is 1. The Morgan fingerprint density at radius 3 is 2.49 bits per heavy atom. The van der Waals surface area contributed by atoms with Gasteiger partial charge in [-0.2, -0.15) is 0 Å². The van der Waals surface area contributed by atoms with E-state index in [-0.39, 0.29) is 56.0 Å². The fourth-order valence-corrected chi connectivity index (χ4v) is 4.45. The van der Waals surface area contributed by atoms with E-state index in [0.29, 0.717) is 5.02 Å². The Balaban J connectivity index is 2.05. The predicted molar refractivity (Wildman–Crippen MR) is 142 cm³/mol. The number of rotatable bonds is 11. The molecule has 0 spiro atoms. The Morgan fingerprint density at radius 1 is 1.30 bits per heavy atom. The smallest absolute Gasteiger partial charge is 0.241 e. The predicted octanol–water partition coefficient (Wildman–Crippen LogP) is 1.88. The van der Waals surface area contributed by atoms with Gasteiger partial charge in [-0.15, -0.1) is 0 Å². The molecular weight excluding hydrogens is 501 g/mol. The van der Waals surface area contributed by atoms with Crippen LogP contribution in [0.2, 0.25) is 5.02 Å². The van der Waals surface area contributed by atoms with Gasteiger partial charge in [0.05, 0.1) is 23.8 Å². The number of halogens is 2. The van der Waals surface area contributed by atoms with Gasteiger partial charge in [0.2, 0.25) is 17.7 Å². The molecule has 0 aromatic heterocycles. The highest BCUT2D eigenvalue weighted by Gasteiger charge is 2.41. The first kappa shape index (κ1) is 31.0. The molecule has 3 atom stereocenters. The van der Waals surface area contributed by atoms with E-state index >= 15 is 0 Å². The number of nitrogens with two attached hydrogens (primary N) is 2. The molecule has 0 aliphatic carbocycles. The summed E-state index contributed by atoms with van der Waals surface area (Å²) in [7, 11) is 0. The van der Waals surface area contributed by atoms with Crippen LogP contribution in [0.1, 0.15) is 48.0 Å². The Bertz CT molecular complexity index is 1000. The Kier molecular flexibility index (Phi) is 10.1. The number of primary amides is 1. The fourth-order valence-electron chi connectivity index (χ4n) is 4.28. The molecule has 208 valence electrons. The third-order valence-electron chi connectivity index (χ3n) is 7.16. The number of carbonyl (C=O) groups is 3. The molecule has 11 heteroatoms. The minimum Gasteiger partial charge on any atom is -0.391 e. The minimum absolute atomic E-state index is 0.0182. The zero-order valence-electron chi connectivity index (χ0n) is 22.6. The van der Waals surface area contributed by atoms with Gasteiger partial charge in [-0.3, -0.25) is 19.3 Å². The van der Waals surface area contributed by atoms with E-state index in [2.05, 4.69) is 5.32 Å². The molecule has 0 unspecified atom stereocenters. The average Bonchev–Trinajstić information content (AvgIpc) is 2.79. The van der Waals surface area contributed by atoms with Crippen molar-refractivity contribution in [3.05, 3.63) is 29.0 Å². The Morgan fingerprint density at radius 2 is 1.92 bits per heavy atom. The van der Waals surface area contributed by atoms with Crippen LogP contribution < -0.4 is 21.7 Å². The molecule has 1 saturated heterocycles. The fraction of sp³-hybridized carbons (Fsp3) is 0.654. The maximum Gasteiger partial charge on any atom is 0.241 e. The quantitative estimate of drug-likeness (QED) is 0.337. The van der Waals surface area contributed by atoms with Crippen LogP contribution in [-0.4, -0.2) is 71.6 Å². The molecule has 1 aromatic carbocycles. The van der Waals surface area contributed by atoms with E-state index in [1.807, 2.05) is 32.6 Å². The summed E-state index contributed by atoms with van der Waals surface area (Å²) in [6, 6.07) is 3.35. The molecule has 37 heavy (non-hydrogen) atoms. The van der Waals surface area contributed by atoms with Gasteiger partial charge in [0.25, 0.3) is 0 Å². The zero-order chi connectivity index (χ0) is 28.3. The van der Waals surface area contributed by atoms with Crippen LogP contribution in [-0.2, 0) is 14.4 Å². The number of piperazine rings is 1. The molecule has 0 saturated carbocycles. The Labute approximate surface area is 223 Å². The summed E-state index contributed by atoms with van der Waals surface area (Å²) < 4.78 is 14.4. The Hall–Kier alpha value is -2.27. The monoisotopic (exact) mass is 541 g/mol. The van der Waals surface area contributed by atoms with Gasteiger partial charge in [0.15, 0.2) is 0 Å². The highest BCUT2D eigenvalue weighted by atomic mass is 35.5. The number of hydrogen-bond donors (Lipinski definition) is 4. The summed E-state index contributed by atoms with van der Waals surface area (Å²) in [5, 5.41) is 14.0. The first-order chi connectivity index (χ1) is 17.0. The van der Waals surface area contributed by atoms with E-state index in [1.54, 1.807) is 13.8 Å². The summed E-state index contributed by atoms with van der Waals surface area (Å²) in [4.78, 5) is 40.6. The van der Waals surface area contributed by atoms with Gasteiger partial charge in [0, 0.05) is 42.2 Å². The van der Waals surface area contributed by atoms with Gasteiger partial charge in [-0.1, -0.05) is 25.4 Å². The molecule has 3 amide bonds. The lowest BCUT2D eigenvalue weighted by Crippen LogP contribution is -2.64. The van der Waals surface area contributed by atoms with E-state index in [0.717, 1.165) is 0 Å². The van der Waals surface area contributed by atoms with Gasteiger partial charge in [0.1, 0.15) is 5.82 Å². The largest absolute Gasteiger partial charge is 0.391 e. The third-order valence-corrected chi connectivity index (χ3v) is 7.40. The van der Waals surface area contributed by atoms with Crippen LogP contribution in [0.25, 0.3) is 0 Å². The second-order valence-corrected chi connectivity index (χ2v) is 12.0. The summed E-state index contributed by atoms with van der Waals surface area (Å²) >= 11 is 6.02. The number of hydrogen-bond acceptors (Lipinski definition) is 6. The van der Waals surface area contributed by atoms with Gasteiger partial charge in [-0.25, -0.2) is 4.39 Å². The molecule has 1 heterocycles. The van der Waals surface area contributed by atoms with Gasteiger partial charge >= 0.3 is 0 Å². The lowest BCUT2D eigenvalue weighted by atomic mass is 9.86. The van der Waals surface area contributed by atoms with E-state index in [9.17, 15) is 23.9 Å². The molecule has 2 rings (SSSR count). The summed E-state index contributed by atoms with van der Waals surface area (Å²) in [5.41, 5.74) is 10.4. The number of nitrogens with zero attached hydrogens (tertiary/aromatic N) is 2. The van der Waals surface area contributed by atoms with Gasteiger partial charge < -0.3 is 26.8 Å². The molecule has 1 fully saturated rings. The van der Waals surface area contributed by atoms with Crippen LogP contribution in [0.15, 0.2) is 18.2 Å². The van der Waals surface area contributed by atoms with Crippen LogP contribution in [0.4, 0.5) is 10.1 Å². The van der Waals surface area contributed by atoms with Crippen molar-refractivity contribution in [3.63, 3.8) is 0 Å². The van der Waals surface area contributed by atoms with Gasteiger partial charge in [-0.05, 0) is 58.2 Å². The normalized spacial score (nSPS) is 19.0.